The first-order valence-corrected chi connectivity index (χ1v) is 7.27. The zero-order valence-electron chi connectivity index (χ0n) is 11.7. The summed E-state index contributed by atoms with van der Waals surface area (Å²) < 4.78 is 0. The second-order valence-corrected chi connectivity index (χ2v) is 5.91. The predicted octanol–water partition coefficient (Wildman–Crippen LogP) is 1.18. The third kappa shape index (κ3) is 3.69. The molecule has 2 atom stereocenters. The van der Waals surface area contributed by atoms with Crippen molar-refractivity contribution in [3.05, 3.63) is 0 Å². The van der Waals surface area contributed by atoms with Crippen LogP contribution >= 0.6 is 0 Å². The molecular weight excluding hydrogens is 244 g/mol. The lowest BCUT2D eigenvalue weighted by Crippen LogP contribution is -2.52. The van der Waals surface area contributed by atoms with Crippen LogP contribution in [0.1, 0.15) is 38.5 Å². The number of amides is 1. The normalized spacial score (nSPS) is 27.2. The van der Waals surface area contributed by atoms with Gasteiger partial charge in [0.15, 0.2) is 0 Å². The van der Waals surface area contributed by atoms with E-state index in [4.69, 9.17) is 5.11 Å². The molecule has 1 aliphatic heterocycles. The minimum absolute atomic E-state index is 0.0757. The topological polar surface area (TPSA) is 60.9 Å². The van der Waals surface area contributed by atoms with Crippen LogP contribution in [0.4, 0.5) is 0 Å². The predicted molar refractivity (Wildman–Crippen MR) is 71.8 cm³/mol. The van der Waals surface area contributed by atoms with Crippen LogP contribution < -0.4 is 0 Å². The van der Waals surface area contributed by atoms with Gasteiger partial charge < -0.3 is 10.0 Å². The van der Waals surface area contributed by atoms with Crippen molar-refractivity contribution >= 4 is 11.9 Å². The lowest BCUT2D eigenvalue weighted by atomic mass is 9.78. The van der Waals surface area contributed by atoms with Crippen molar-refractivity contribution < 1.29 is 14.7 Å². The highest BCUT2D eigenvalue weighted by Gasteiger charge is 2.35. The molecule has 19 heavy (non-hydrogen) atoms. The van der Waals surface area contributed by atoms with Gasteiger partial charge in [-0.05, 0) is 38.6 Å². The quantitative estimate of drug-likeness (QED) is 0.832. The summed E-state index contributed by atoms with van der Waals surface area (Å²) >= 11 is 0. The average molecular weight is 268 g/mol. The van der Waals surface area contributed by atoms with Crippen LogP contribution in [-0.2, 0) is 9.59 Å². The molecule has 1 heterocycles. The Morgan fingerprint density at radius 2 is 1.84 bits per heavy atom. The third-order valence-corrected chi connectivity index (χ3v) is 4.37. The molecule has 1 aliphatic carbocycles. The molecule has 0 bridgehead atoms. The minimum atomic E-state index is -0.885. The Balaban J connectivity index is 1.91. The van der Waals surface area contributed by atoms with Crippen molar-refractivity contribution in [2.24, 2.45) is 5.92 Å². The molecule has 1 saturated heterocycles. The summed E-state index contributed by atoms with van der Waals surface area (Å²) in [6.45, 7) is 0.990. The van der Waals surface area contributed by atoms with E-state index in [1.54, 1.807) is 11.9 Å². The number of piperidine rings is 1. The van der Waals surface area contributed by atoms with Gasteiger partial charge in [-0.3, -0.25) is 14.5 Å². The van der Waals surface area contributed by atoms with Crippen molar-refractivity contribution in [2.75, 3.05) is 26.7 Å². The molecular formula is C14H24N2O3. The Morgan fingerprint density at radius 3 is 2.58 bits per heavy atom. The summed E-state index contributed by atoms with van der Waals surface area (Å²) in [6, 6.07) is 0.410. The number of carbonyl (C=O) groups is 2. The number of likely N-dealkylation sites (N-methyl/N-ethyl adjacent to an activating group) is 1. The van der Waals surface area contributed by atoms with Crippen molar-refractivity contribution in [1.82, 2.24) is 9.80 Å². The highest BCUT2D eigenvalue weighted by atomic mass is 16.4. The van der Waals surface area contributed by atoms with E-state index in [1.165, 1.54) is 25.7 Å². The number of hydrogen-bond acceptors (Lipinski definition) is 3. The number of rotatable bonds is 4. The highest BCUT2D eigenvalue weighted by Crippen LogP contribution is 2.35. The Labute approximate surface area is 114 Å². The molecule has 1 N–H and O–H groups in total. The van der Waals surface area contributed by atoms with Crippen LogP contribution in [0.3, 0.4) is 0 Å². The number of carboxylic acids is 1. The summed E-state index contributed by atoms with van der Waals surface area (Å²) in [5, 5.41) is 8.73. The second kappa shape index (κ2) is 6.37. The average Bonchev–Trinajstić information content (AvgIpc) is 2.36. The van der Waals surface area contributed by atoms with Crippen LogP contribution in [0.25, 0.3) is 0 Å². The molecule has 2 rings (SSSR count). The van der Waals surface area contributed by atoms with Crippen molar-refractivity contribution in [2.45, 2.75) is 44.6 Å². The van der Waals surface area contributed by atoms with E-state index < -0.39 is 5.97 Å². The zero-order chi connectivity index (χ0) is 13.8. The van der Waals surface area contributed by atoms with Crippen LogP contribution in [0, 0.1) is 5.92 Å². The second-order valence-electron chi connectivity index (χ2n) is 5.91. The van der Waals surface area contributed by atoms with Gasteiger partial charge in [0.25, 0.3) is 0 Å². The summed E-state index contributed by atoms with van der Waals surface area (Å²) in [4.78, 5) is 26.6. The first-order valence-electron chi connectivity index (χ1n) is 7.27. The van der Waals surface area contributed by atoms with Gasteiger partial charge in [0.2, 0.25) is 5.91 Å². The van der Waals surface area contributed by atoms with Gasteiger partial charge in [0.1, 0.15) is 0 Å². The van der Waals surface area contributed by atoms with E-state index >= 15 is 0 Å². The summed E-state index contributed by atoms with van der Waals surface area (Å²) in [6.07, 6.45) is 7.23. The fourth-order valence-corrected chi connectivity index (χ4v) is 3.54. The number of carbonyl (C=O) groups excluding carboxylic acids is 1. The molecule has 108 valence electrons. The monoisotopic (exact) mass is 268 g/mol. The molecule has 2 unspecified atom stereocenters. The fraction of sp³-hybridized carbons (Fsp3) is 0.857. The lowest BCUT2D eigenvalue weighted by Gasteiger charge is -2.44. The van der Waals surface area contributed by atoms with E-state index in [0.717, 1.165) is 19.4 Å². The van der Waals surface area contributed by atoms with Crippen LogP contribution in [0.15, 0.2) is 0 Å². The molecule has 5 heteroatoms. The Hall–Kier alpha value is -1.10. The largest absolute Gasteiger partial charge is 0.480 e. The van der Waals surface area contributed by atoms with E-state index in [9.17, 15) is 9.59 Å². The number of hydrogen-bond donors (Lipinski definition) is 1. The maximum atomic E-state index is 12.3. The fourth-order valence-electron chi connectivity index (χ4n) is 3.54. The smallest absolute Gasteiger partial charge is 0.317 e. The van der Waals surface area contributed by atoms with Crippen molar-refractivity contribution in [3.63, 3.8) is 0 Å². The van der Waals surface area contributed by atoms with E-state index in [1.807, 2.05) is 4.90 Å². The minimum Gasteiger partial charge on any atom is -0.480 e. The molecule has 0 radical (unpaired) electrons. The number of likely N-dealkylation sites (tertiary alicyclic amines) is 1. The van der Waals surface area contributed by atoms with E-state index in [2.05, 4.69) is 0 Å². The van der Waals surface area contributed by atoms with Gasteiger partial charge in [0, 0.05) is 12.6 Å². The number of carboxylic acid groups (broad SMARTS) is 1. The molecule has 2 fully saturated rings. The SMILES string of the molecule is CN(CC(=O)O)CC(=O)N1CCCC2CCCCC21. The first-order chi connectivity index (χ1) is 9.08. The maximum absolute atomic E-state index is 12.3. The molecule has 0 aromatic rings. The van der Waals surface area contributed by atoms with Gasteiger partial charge >= 0.3 is 5.97 Å². The van der Waals surface area contributed by atoms with Gasteiger partial charge in [-0.25, -0.2) is 0 Å². The molecule has 0 aromatic carbocycles. The number of fused-ring (bicyclic) bond motifs is 1. The van der Waals surface area contributed by atoms with Crippen LogP contribution in [-0.4, -0.2) is 59.5 Å². The Morgan fingerprint density at radius 1 is 1.16 bits per heavy atom. The Bertz CT molecular complexity index is 344. The molecule has 1 saturated carbocycles. The lowest BCUT2D eigenvalue weighted by molar-refractivity contribution is -0.141. The van der Waals surface area contributed by atoms with E-state index in [0.29, 0.717) is 12.0 Å². The zero-order valence-corrected chi connectivity index (χ0v) is 11.7. The maximum Gasteiger partial charge on any atom is 0.317 e. The first kappa shape index (κ1) is 14.3. The van der Waals surface area contributed by atoms with Gasteiger partial charge in [-0.15, -0.1) is 0 Å². The van der Waals surface area contributed by atoms with Crippen LogP contribution in [0.2, 0.25) is 0 Å². The molecule has 5 nitrogen and oxygen atoms in total. The third-order valence-electron chi connectivity index (χ3n) is 4.37. The summed E-state index contributed by atoms with van der Waals surface area (Å²) in [5.41, 5.74) is 0. The molecule has 1 amide bonds. The number of aliphatic carboxylic acids is 1. The van der Waals surface area contributed by atoms with Crippen molar-refractivity contribution in [3.8, 4) is 0 Å². The summed E-state index contributed by atoms with van der Waals surface area (Å²) in [5.74, 6) is -0.110. The number of nitrogens with zero attached hydrogens (tertiary/aromatic N) is 2. The van der Waals surface area contributed by atoms with Crippen LogP contribution in [0.5, 0.6) is 0 Å². The van der Waals surface area contributed by atoms with Gasteiger partial charge in [-0.1, -0.05) is 12.8 Å². The van der Waals surface area contributed by atoms with E-state index in [-0.39, 0.29) is 19.0 Å². The van der Waals surface area contributed by atoms with Gasteiger partial charge in [-0.2, -0.15) is 0 Å². The molecule has 0 aromatic heterocycles. The standard InChI is InChI=1S/C14H24N2O3/c1-15(10-14(18)19)9-13(17)16-8-4-6-11-5-2-3-7-12(11)16/h11-12H,2-10H2,1H3,(H,18,19). The summed E-state index contributed by atoms with van der Waals surface area (Å²) in [7, 11) is 1.69. The highest BCUT2D eigenvalue weighted by molar-refractivity contribution is 5.79. The Kier molecular flexibility index (Phi) is 4.80. The van der Waals surface area contributed by atoms with Crippen molar-refractivity contribution in [1.29, 1.82) is 0 Å². The van der Waals surface area contributed by atoms with Gasteiger partial charge in [0.05, 0.1) is 13.1 Å². The molecule has 0 spiro atoms. The molecule has 2 aliphatic rings.